The van der Waals surface area contributed by atoms with Gasteiger partial charge in [0.25, 0.3) is 11.7 Å². The van der Waals surface area contributed by atoms with Crippen LogP contribution in [0.5, 0.6) is 0 Å². The lowest BCUT2D eigenvalue weighted by Gasteiger charge is -2.07. The molecule has 0 atom stereocenters. The Morgan fingerprint density at radius 3 is 2.76 bits per heavy atom. The molecule has 0 aliphatic carbocycles. The maximum atomic E-state index is 13.0. The first kappa shape index (κ1) is 21.2. The van der Waals surface area contributed by atoms with Crippen molar-refractivity contribution in [3.05, 3.63) is 82.6 Å². The van der Waals surface area contributed by atoms with Gasteiger partial charge in [-0.25, -0.2) is 14.5 Å². The predicted molar refractivity (Wildman–Crippen MR) is 130 cm³/mol. The van der Waals surface area contributed by atoms with Crippen LogP contribution >= 0.6 is 23.1 Å². The molecule has 1 aromatic carbocycles. The van der Waals surface area contributed by atoms with Crippen molar-refractivity contribution in [3.8, 4) is 11.4 Å². The second kappa shape index (κ2) is 9.08. The lowest BCUT2D eigenvalue weighted by atomic mass is 10.1. The number of rotatable bonds is 6. The van der Waals surface area contributed by atoms with Crippen molar-refractivity contribution in [2.24, 2.45) is 0 Å². The molecular weight excluding hydrogens is 454 g/mol. The first-order valence-electron chi connectivity index (χ1n) is 10.2. The van der Waals surface area contributed by atoms with Crippen molar-refractivity contribution in [3.63, 3.8) is 0 Å². The number of aromatic nitrogens is 6. The summed E-state index contributed by atoms with van der Waals surface area (Å²) in [4.78, 5) is 30.7. The number of nitrogens with one attached hydrogen (secondary N) is 1. The molecule has 0 bridgehead atoms. The fraction of sp³-hybridized carbons (Fsp3) is 0.130. The summed E-state index contributed by atoms with van der Waals surface area (Å²) in [5, 5.41) is 10.5. The van der Waals surface area contributed by atoms with Gasteiger partial charge in [0.1, 0.15) is 5.69 Å². The molecule has 0 saturated heterocycles. The zero-order chi connectivity index (χ0) is 22.8. The fourth-order valence-electron chi connectivity index (χ4n) is 3.35. The third-order valence-corrected chi connectivity index (χ3v) is 6.51. The molecule has 164 valence electrons. The van der Waals surface area contributed by atoms with Crippen LogP contribution in [0.2, 0.25) is 0 Å². The quantitative estimate of drug-likeness (QED) is 0.354. The first-order valence-corrected chi connectivity index (χ1v) is 12.0. The van der Waals surface area contributed by atoms with Gasteiger partial charge < -0.3 is 0 Å². The number of nitrogens with zero attached hydrogens (tertiary/aromatic N) is 6. The molecule has 5 aromatic rings. The topological polar surface area (TPSA) is 98.0 Å². The van der Waals surface area contributed by atoms with E-state index in [2.05, 4.69) is 30.4 Å². The highest BCUT2D eigenvalue weighted by Crippen LogP contribution is 2.26. The molecule has 0 fully saturated rings. The zero-order valence-corrected chi connectivity index (χ0v) is 19.5. The minimum absolute atomic E-state index is 0.204. The molecule has 0 spiro atoms. The van der Waals surface area contributed by atoms with Crippen LogP contribution in [0.25, 0.3) is 17.2 Å². The number of carbonyl (C=O) groups is 1. The molecule has 1 N–H and O–H groups in total. The normalized spacial score (nSPS) is 11.1. The lowest BCUT2D eigenvalue weighted by molar-refractivity contribution is 0.102. The molecule has 5 rings (SSSR count). The molecular formula is C23H19N7OS2. The number of fused-ring (bicyclic) bond motifs is 1. The number of pyridine rings is 1. The van der Waals surface area contributed by atoms with Crippen LogP contribution in [0, 0.1) is 13.8 Å². The van der Waals surface area contributed by atoms with Crippen LogP contribution < -0.4 is 5.32 Å². The summed E-state index contributed by atoms with van der Waals surface area (Å²) in [5.74, 6) is 0.924. The number of thioether (sulfide) groups is 1. The minimum Gasteiger partial charge on any atom is -0.298 e. The molecule has 8 nitrogen and oxygen atoms in total. The Kier molecular flexibility index (Phi) is 5.84. The summed E-state index contributed by atoms with van der Waals surface area (Å²) < 4.78 is 1.73. The summed E-state index contributed by atoms with van der Waals surface area (Å²) >= 11 is 2.84. The van der Waals surface area contributed by atoms with Crippen molar-refractivity contribution in [1.29, 1.82) is 0 Å². The van der Waals surface area contributed by atoms with Crippen LogP contribution in [0.3, 0.4) is 0 Å². The molecule has 10 heteroatoms. The van der Waals surface area contributed by atoms with Crippen LogP contribution in [0.4, 0.5) is 5.13 Å². The number of anilines is 1. The molecule has 4 heterocycles. The maximum Gasteiger partial charge on any atom is 0.257 e. The van der Waals surface area contributed by atoms with E-state index < -0.39 is 0 Å². The molecule has 0 aliphatic rings. The largest absolute Gasteiger partial charge is 0.298 e. The van der Waals surface area contributed by atoms with Gasteiger partial charge >= 0.3 is 0 Å². The van der Waals surface area contributed by atoms with Crippen molar-refractivity contribution in [2.45, 2.75) is 24.8 Å². The predicted octanol–water partition coefficient (Wildman–Crippen LogP) is 4.80. The van der Waals surface area contributed by atoms with E-state index in [9.17, 15) is 4.79 Å². The van der Waals surface area contributed by atoms with Gasteiger partial charge in [-0.1, -0.05) is 36.0 Å². The number of aryl methyl sites for hydroxylation is 2. The van der Waals surface area contributed by atoms with Crippen molar-refractivity contribution < 1.29 is 4.79 Å². The molecule has 0 aliphatic heterocycles. The van der Waals surface area contributed by atoms with Crippen molar-refractivity contribution in [1.82, 2.24) is 29.5 Å². The van der Waals surface area contributed by atoms with Crippen LogP contribution in [0.1, 0.15) is 27.3 Å². The summed E-state index contributed by atoms with van der Waals surface area (Å²) in [6.45, 7) is 3.91. The monoisotopic (exact) mass is 473 g/mol. The SMILES string of the molecule is Cc1cc(C)n2nc(SCc3ccccc3C(=O)Nc3nc(-c4ccccn4)cs3)nc2n1. The summed E-state index contributed by atoms with van der Waals surface area (Å²) in [5.41, 5.74) is 4.86. The number of carbonyl (C=O) groups excluding carboxylic acids is 1. The number of hydrogen-bond donors (Lipinski definition) is 1. The zero-order valence-electron chi connectivity index (χ0n) is 17.9. The summed E-state index contributed by atoms with van der Waals surface area (Å²) in [6, 6.07) is 15.1. The van der Waals surface area contributed by atoms with Gasteiger partial charge in [-0.15, -0.1) is 16.4 Å². The summed E-state index contributed by atoms with van der Waals surface area (Å²) in [6.07, 6.45) is 1.72. The number of amides is 1. The summed E-state index contributed by atoms with van der Waals surface area (Å²) in [7, 11) is 0. The average molecular weight is 474 g/mol. The standard InChI is InChI=1S/C23H19N7OS2/c1-14-11-15(2)30-21(25-14)28-23(29-30)32-12-16-7-3-4-8-17(16)20(31)27-22-26-19(13-33-22)18-9-5-6-10-24-18/h3-11,13H,12H2,1-2H3,(H,26,27,31). The maximum absolute atomic E-state index is 13.0. The Hall–Kier alpha value is -3.63. The smallest absolute Gasteiger partial charge is 0.257 e. The van der Waals surface area contributed by atoms with Gasteiger partial charge in [0, 0.05) is 34.3 Å². The van der Waals surface area contributed by atoms with E-state index in [1.165, 1.54) is 23.1 Å². The van der Waals surface area contributed by atoms with Gasteiger partial charge in [0.05, 0.1) is 5.69 Å². The second-order valence-electron chi connectivity index (χ2n) is 7.30. The van der Waals surface area contributed by atoms with Gasteiger partial charge in [0.2, 0.25) is 5.16 Å². The molecule has 1 amide bonds. The molecule has 0 unspecified atom stereocenters. The van der Waals surface area contributed by atoms with E-state index in [4.69, 9.17) is 0 Å². The second-order valence-corrected chi connectivity index (χ2v) is 9.10. The van der Waals surface area contributed by atoms with E-state index in [1.807, 2.05) is 67.8 Å². The van der Waals surface area contributed by atoms with E-state index in [0.717, 1.165) is 28.3 Å². The Labute approximate surface area is 198 Å². The highest BCUT2D eigenvalue weighted by Gasteiger charge is 2.15. The first-order chi connectivity index (χ1) is 16.1. The number of thiazole rings is 1. The Bertz CT molecular complexity index is 1450. The highest BCUT2D eigenvalue weighted by molar-refractivity contribution is 7.98. The third-order valence-electron chi connectivity index (χ3n) is 4.87. The molecule has 4 aromatic heterocycles. The van der Waals surface area contributed by atoms with Crippen LogP contribution in [0.15, 0.2) is 65.3 Å². The fourth-order valence-corrected chi connectivity index (χ4v) is 4.87. The van der Waals surface area contributed by atoms with Gasteiger partial charge in [-0.3, -0.25) is 15.1 Å². The van der Waals surface area contributed by atoms with Gasteiger partial charge in [-0.05, 0) is 43.7 Å². The van der Waals surface area contributed by atoms with Crippen LogP contribution in [-0.4, -0.2) is 35.5 Å². The number of hydrogen-bond acceptors (Lipinski definition) is 8. The van der Waals surface area contributed by atoms with E-state index in [-0.39, 0.29) is 5.91 Å². The lowest BCUT2D eigenvalue weighted by Crippen LogP contribution is -2.13. The van der Waals surface area contributed by atoms with Crippen LogP contribution in [-0.2, 0) is 5.75 Å². The van der Waals surface area contributed by atoms with E-state index in [0.29, 0.717) is 27.4 Å². The molecule has 33 heavy (non-hydrogen) atoms. The highest BCUT2D eigenvalue weighted by atomic mass is 32.2. The van der Waals surface area contributed by atoms with Gasteiger partial charge in [0.15, 0.2) is 5.13 Å². The number of benzene rings is 1. The Balaban J connectivity index is 1.31. The van der Waals surface area contributed by atoms with E-state index in [1.54, 1.807) is 10.7 Å². The third kappa shape index (κ3) is 4.62. The average Bonchev–Trinajstić information content (AvgIpc) is 3.45. The molecule has 0 saturated carbocycles. The Morgan fingerprint density at radius 2 is 1.91 bits per heavy atom. The van der Waals surface area contributed by atoms with Crippen molar-refractivity contribution >= 4 is 39.9 Å². The van der Waals surface area contributed by atoms with Gasteiger partial charge in [-0.2, -0.15) is 4.98 Å². The molecule has 0 radical (unpaired) electrons. The van der Waals surface area contributed by atoms with Crippen molar-refractivity contribution in [2.75, 3.05) is 5.32 Å². The minimum atomic E-state index is -0.204. The van der Waals surface area contributed by atoms with E-state index >= 15 is 0 Å². The Morgan fingerprint density at radius 1 is 1.06 bits per heavy atom.